The number of benzene rings is 1. The number of amides is 1. The summed E-state index contributed by atoms with van der Waals surface area (Å²) >= 11 is 0. The van der Waals surface area contributed by atoms with Gasteiger partial charge in [-0.05, 0) is 56.1 Å². The van der Waals surface area contributed by atoms with Gasteiger partial charge in [-0.25, -0.2) is 4.39 Å². The van der Waals surface area contributed by atoms with Crippen LogP contribution in [0.4, 0.5) is 4.39 Å². The fourth-order valence-electron chi connectivity index (χ4n) is 3.80. The van der Waals surface area contributed by atoms with Crippen LogP contribution in [0.25, 0.3) is 22.4 Å². The Bertz CT molecular complexity index is 1070. The maximum absolute atomic E-state index is 13.5. The highest BCUT2D eigenvalue weighted by Gasteiger charge is 2.28. The minimum Gasteiger partial charge on any atom is -0.331 e. The van der Waals surface area contributed by atoms with Crippen molar-refractivity contribution in [3.8, 4) is 22.4 Å². The van der Waals surface area contributed by atoms with Crippen LogP contribution in [0.1, 0.15) is 5.69 Å². The molecule has 0 bridgehead atoms. The van der Waals surface area contributed by atoms with E-state index in [0.717, 1.165) is 28.1 Å². The van der Waals surface area contributed by atoms with Crippen LogP contribution in [0.3, 0.4) is 0 Å². The summed E-state index contributed by atoms with van der Waals surface area (Å²) in [7, 11) is 3.83. The molecular weight excluding hydrogens is 381 g/mol. The molecule has 0 unspecified atom stereocenters. The second-order valence-electron chi connectivity index (χ2n) is 7.70. The number of hydrogen-bond acceptors (Lipinski definition) is 4. The fourth-order valence-corrected chi connectivity index (χ4v) is 3.80. The molecule has 2 aromatic heterocycles. The molecule has 0 N–H and O–H groups in total. The molecule has 1 aliphatic heterocycles. The van der Waals surface area contributed by atoms with E-state index in [4.69, 9.17) is 5.10 Å². The normalized spacial score (nSPS) is 13.4. The molecule has 0 spiro atoms. The van der Waals surface area contributed by atoms with Gasteiger partial charge in [-0.3, -0.25) is 14.5 Å². The van der Waals surface area contributed by atoms with Crippen molar-refractivity contribution in [1.29, 1.82) is 0 Å². The Morgan fingerprint density at radius 3 is 2.47 bits per heavy atom. The molecule has 7 heteroatoms. The molecule has 3 heterocycles. The minimum atomic E-state index is -0.288. The SMILES string of the molecule is C=C(CN(C)C)C(=O)N1CCn2nc(-c3ccc(F)cc3)c(-c3ccncc3)c2C1. The van der Waals surface area contributed by atoms with Crippen LogP contribution in [-0.4, -0.2) is 57.7 Å². The number of fused-ring (bicyclic) bond motifs is 1. The second kappa shape index (κ2) is 8.20. The lowest BCUT2D eigenvalue weighted by Crippen LogP contribution is -2.40. The van der Waals surface area contributed by atoms with Gasteiger partial charge in [0.2, 0.25) is 0 Å². The van der Waals surface area contributed by atoms with Crippen LogP contribution in [0.15, 0.2) is 60.9 Å². The monoisotopic (exact) mass is 405 g/mol. The first-order valence-electron chi connectivity index (χ1n) is 9.82. The smallest absolute Gasteiger partial charge is 0.250 e. The van der Waals surface area contributed by atoms with Crippen LogP contribution >= 0.6 is 0 Å². The first kappa shape index (κ1) is 20.0. The summed E-state index contributed by atoms with van der Waals surface area (Å²) in [5.41, 5.74) is 5.04. The van der Waals surface area contributed by atoms with E-state index in [0.29, 0.717) is 31.8 Å². The molecule has 0 saturated carbocycles. The first-order chi connectivity index (χ1) is 14.4. The average molecular weight is 405 g/mol. The molecular formula is C23H24FN5O. The van der Waals surface area contributed by atoms with Crippen molar-refractivity contribution in [1.82, 2.24) is 24.6 Å². The van der Waals surface area contributed by atoms with Gasteiger partial charge in [0.25, 0.3) is 5.91 Å². The molecule has 30 heavy (non-hydrogen) atoms. The van der Waals surface area contributed by atoms with Gasteiger partial charge in [0, 0.05) is 42.2 Å². The standard InChI is InChI=1S/C23H24FN5O/c1-16(14-27(2)3)23(30)28-12-13-29-20(15-28)21(17-8-10-25-11-9-17)22(26-29)18-4-6-19(24)7-5-18/h4-11H,1,12-15H2,2-3H3. The lowest BCUT2D eigenvalue weighted by Gasteiger charge is -2.29. The summed E-state index contributed by atoms with van der Waals surface area (Å²) in [6.45, 7) is 6.09. The largest absolute Gasteiger partial charge is 0.331 e. The number of carbonyl (C=O) groups excluding carboxylic acids is 1. The number of hydrogen-bond donors (Lipinski definition) is 0. The number of carbonyl (C=O) groups is 1. The van der Waals surface area contributed by atoms with Gasteiger partial charge < -0.3 is 9.80 Å². The van der Waals surface area contributed by atoms with Crippen molar-refractivity contribution >= 4 is 5.91 Å². The van der Waals surface area contributed by atoms with E-state index in [2.05, 4.69) is 11.6 Å². The van der Waals surface area contributed by atoms with Crippen molar-refractivity contribution in [2.75, 3.05) is 27.2 Å². The third-order valence-corrected chi connectivity index (χ3v) is 5.16. The Hall–Kier alpha value is -3.32. The predicted molar refractivity (Wildman–Crippen MR) is 114 cm³/mol. The summed E-state index contributed by atoms with van der Waals surface area (Å²) in [6, 6.07) is 10.2. The average Bonchev–Trinajstić information content (AvgIpc) is 3.12. The summed E-state index contributed by atoms with van der Waals surface area (Å²) in [5, 5.41) is 4.82. The zero-order valence-corrected chi connectivity index (χ0v) is 17.2. The summed E-state index contributed by atoms with van der Waals surface area (Å²) in [6.07, 6.45) is 3.47. The Labute approximate surface area is 175 Å². The molecule has 0 atom stereocenters. The van der Waals surface area contributed by atoms with Crippen LogP contribution in [0, 0.1) is 5.82 Å². The minimum absolute atomic E-state index is 0.0415. The van der Waals surface area contributed by atoms with Crippen molar-refractivity contribution < 1.29 is 9.18 Å². The maximum Gasteiger partial charge on any atom is 0.250 e. The van der Waals surface area contributed by atoms with Crippen LogP contribution in [0.5, 0.6) is 0 Å². The third-order valence-electron chi connectivity index (χ3n) is 5.16. The van der Waals surface area contributed by atoms with Gasteiger partial charge in [-0.15, -0.1) is 0 Å². The lowest BCUT2D eigenvalue weighted by atomic mass is 9.99. The summed E-state index contributed by atoms with van der Waals surface area (Å²) < 4.78 is 15.4. The Morgan fingerprint density at radius 1 is 1.10 bits per heavy atom. The molecule has 1 amide bonds. The highest BCUT2D eigenvalue weighted by Crippen LogP contribution is 2.36. The highest BCUT2D eigenvalue weighted by atomic mass is 19.1. The summed E-state index contributed by atoms with van der Waals surface area (Å²) in [4.78, 5) is 20.8. The Kier molecular flexibility index (Phi) is 5.46. The molecule has 3 aromatic rings. The van der Waals surface area contributed by atoms with Gasteiger partial charge in [-0.1, -0.05) is 6.58 Å². The zero-order valence-electron chi connectivity index (χ0n) is 17.2. The van der Waals surface area contributed by atoms with E-state index >= 15 is 0 Å². The van der Waals surface area contributed by atoms with Crippen LogP contribution in [0.2, 0.25) is 0 Å². The molecule has 0 radical (unpaired) electrons. The molecule has 154 valence electrons. The molecule has 0 saturated heterocycles. The number of likely N-dealkylation sites (N-methyl/N-ethyl adjacent to an activating group) is 1. The molecule has 1 aliphatic rings. The number of aromatic nitrogens is 3. The first-order valence-corrected chi connectivity index (χ1v) is 9.82. The van der Waals surface area contributed by atoms with Gasteiger partial charge in [0.15, 0.2) is 0 Å². The van der Waals surface area contributed by atoms with E-state index in [-0.39, 0.29) is 11.7 Å². The molecule has 1 aromatic carbocycles. The van der Waals surface area contributed by atoms with E-state index in [1.54, 1.807) is 24.5 Å². The van der Waals surface area contributed by atoms with Gasteiger partial charge in [0.1, 0.15) is 11.5 Å². The maximum atomic E-state index is 13.5. The van der Waals surface area contributed by atoms with Crippen molar-refractivity contribution in [3.63, 3.8) is 0 Å². The second-order valence-corrected chi connectivity index (χ2v) is 7.70. The van der Waals surface area contributed by atoms with Crippen LogP contribution < -0.4 is 0 Å². The lowest BCUT2D eigenvalue weighted by molar-refractivity contribution is -0.128. The number of rotatable bonds is 5. The highest BCUT2D eigenvalue weighted by molar-refractivity contribution is 5.93. The van der Waals surface area contributed by atoms with Crippen LogP contribution in [-0.2, 0) is 17.9 Å². The van der Waals surface area contributed by atoms with E-state index in [9.17, 15) is 9.18 Å². The van der Waals surface area contributed by atoms with Gasteiger partial charge >= 0.3 is 0 Å². The van der Waals surface area contributed by atoms with Gasteiger partial charge in [-0.2, -0.15) is 5.10 Å². The Balaban J connectivity index is 1.75. The number of halogens is 1. The number of nitrogens with zero attached hydrogens (tertiary/aromatic N) is 5. The third kappa shape index (κ3) is 3.89. The molecule has 0 aliphatic carbocycles. The molecule has 4 rings (SSSR count). The van der Waals surface area contributed by atoms with Gasteiger partial charge in [0.05, 0.1) is 18.8 Å². The topological polar surface area (TPSA) is 54.3 Å². The predicted octanol–water partition coefficient (Wildman–Crippen LogP) is 3.21. The van der Waals surface area contributed by atoms with Crippen molar-refractivity contribution in [2.45, 2.75) is 13.1 Å². The summed E-state index contributed by atoms with van der Waals surface area (Å²) in [5.74, 6) is -0.329. The fraction of sp³-hybridized carbons (Fsp3) is 0.261. The van der Waals surface area contributed by atoms with E-state index < -0.39 is 0 Å². The Morgan fingerprint density at radius 2 is 1.80 bits per heavy atom. The molecule has 0 fully saturated rings. The molecule has 6 nitrogen and oxygen atoms in total. The van der Waals surface area contributed by atoms with Crippen molar-refractivity contribution in [3.05, 3.63) is 72.5 Å². The van der Waals surface area contributed by atoms with Crippen molar-refractivity contribution in [2.24, 2.45) is 0 Å². The quantitative estimate of drug-likeness (QED) is 0.612. The van der Waals surface area contributed by atoms with E-state index in [1.807, 2.05) is 40.7 Å². The number of pyridine rings is 1. The van der Waals surface area contributed by atoms with E-state index in [1.165, 1.54) is 12.1 Å². The zero-order chi connectivity index (χ0) is 21.3.